The van der Waals surface area contributed by atoms with Crippen molar-refractivity contribution in [2.45, 2.75) is 0 Å². The smallest absolute Gasteiger partial charge is 0.322 e. The first-order chi connectivity index (χ1) is 4.27. The van der Waals surface area contributed by atoms with Gasteiger partial charge in [-0.3, -0.25) is 4.57 Å². The Morgan fingerprint density at radius 3 is 2.00 bits per heavy atom. The number of hydrogen-bond donors (Lipinski definition) is 4. The summed E-state index contributed by atoms with van der Waals surface area (Å²) >= 11 is 0. The van der Waals surface area contributed by atoms with Crippen LogP contribution in [-0.4, -0.2) is 32.6 Å². The summed E-state index contributed by atoms with van der Waals surface area (Å²) in [5.41, 5.74) is 0. The van der Waals surface area contributed by atoms with E-state index in [1.807, 2.05) is 0 Å². The van der Waals surface area contributed by atoms with Crippen molar-refractivity contribution in [2.24, 2.45) is 0 Å². The van der Waals surface area contributed by atoms with Crippen molar-refractivity contribution in [3.63, 3.8) is 0 Å². The average Bonchev–Trinajstić information content (AvgIpc) is 1.60. The zero-order valence-electron chi connectivity index (χ0n) is 5.21. The van der Waals surface area contributed by atoms with E-state index in [9.17, 15) is 4.57 Å². The van der Waals surface area contributed by atoms with Crippen LogP contribution in [0.25, 0.3) is 0 Å². The Balaban J connectivity index is 4.03. The SMILES string of the molecule is COP(=O)(O)C[P+](O)(O)O. The van der Waals surface area contributed by atoms with E-state index in [4.69, 9.17) is 19.6 Å². The summed E-state index contributed by atoms with van der Waals surface area (Å²) < 4.78 is 14.5. The molecule has 0 spiro atoms. The largest absolute Gasteiger partial charge is 0.416 e. The van der Waals surface area contributed by atoms with Gasteiger partial charge >= 0.3 is 15.5 Å². The van der Waals surface area contributed by atoms with E-state index in [2.05, 4.69) is 4.52 Å². The summed E-state index contributed by atoms with van der Waals surface area (Å²) in [4.78, 5) is 33.4. The Labute approximate surface area is 58.2 Å². The van der Waals surface area contributed by atoms with Gasteiger partial charge < -0.3 is 9.42 Å². The Morgan fingerprint density at radius 2 is 1.90 bits per heavy atom. The molecule has 0 heterocycles. The van der Waals surface area contributed by atoms with Gasteiger partial charge in [0.05, 0.1) is 0 Å². The molecular formula is C2H9O6P2+. The molecule has 0 saturated carbocycles. The summed E-state index contributed by atoms with van der Waals surface area (Å²) in [5, 5.41) is 0. The summed E-state index contributed by atoms with van der Waals surface area (Å²) in [6.45, 7) is 0. The molecule has 0 saturated heterocycles. The first-order valence-electron chi connectivity index (χ1n) is 2.21. The lowest BCUT2D eigenvalue weighted by Crippen LogP contribution is -1.97. The molecule has 0 aromatic rings. The number of rotatable bonds is 3. The van der Waals surface area contributed by atoms with Crippen LogP contribution < -0.4 is 0 Å². The molecule has 0 rings (SSSR count). The van der Waals surface area contributed by atoms with E-state index in [1.54, 1.807) is 0 Å². The van der Waals surface area contributed by atoms with Gasteiger partial charge in [-0.1, -0.05) is 0 Å². The molecule has 0 aromatic heterocycles. The van der Waals surface area contributed by atoms with Gasteiger partial charge in [0.1, 0.15) is 0 Å². The molecule has 6 nitrogen and oxygen atoms in total. The molecule has 1 unspecified atom stereocenters. The predicted molar refractivity (Wildman–Crippen MR) is 35.3 cm³/mol. The minimum absolute atomic E-state index is 0.941. The third-order valence-electron chi connectivity index (χ3n) is 0.654. The third kappa shape index (κ3) is 5.26. The van der Waals surface area contributed by atoms with Gasteiger partial charge in [0.2, 0.25) is 5.90 Å². The molecular weight excluding hydrogens is 182 g/mol. The van der Waals surface area contributed by atoms with E-state index in [0.29, 0.717) is 0 Å². The maximum Gasteiger partial charge on any atom is 0.416 e. The van der Waals surface area contributed by atoms with Crippen molar-refractivity contribution in [1.82, 2.24) is 0 Å². The van der Waals surface area contributed by atoms with Gasteiger partial charge in [0.25, 0.3) is 0 Å². The lowest BCUT2D eigenvalue weighted by atomic mass is 11.8. The minimum atomic E-state index is -4.19. The second-order valence-corrected chi connectivity index (χ2v) is 5.81. The van der Waals surface area contributed by atoms with E-state index in [0.717, 1.165) is 7.11 Å². The van der Waals surface area contributed by atoms with E-state index >= 15 is 0 Å². The standard InChI is InChI=1S/C2H8O6P2/c1-8-10(6,7)2-9(3,4)5/h3-5H,2H2,1H3/p+1. The highest BCUT2D eigenvalue weighted by Crippen LogP contribution is 2.59. The minimum Gasteiger partial charge on any atom is -0.322 e. The van der Waals surface area contributed by atoms with Crippen LogP contribution in [0.5, 0.6) is 0 Å². The Bertz CT molecular complexity index is 148. The van der Waals surface area contributed by atoms with Crippen molar-refractivity contribution >= 4 is 15.5 Å². The van der Waals surface area contributed by atoms with Crippen LogP contribution in [0.1, 0.15) is 0 Å². The molecule has 0 aliphatic heterocycles. The maximum atomic E-state index is 10.5. The van der Waals surface area contributed by atoms with Gasteiger partial charge in [-0.15, -0.1) is 0 Å². The normalized spacial score (nSPS) is 18.5. The van der Waals surface area contributed by atoms with E-state index < -0.39 is 21.4 Å². The molecule has 0 aromatic carbocycles. The van der Waals surface area contributed by atoms with Gasteiger partial charge in [0.15, 0.2) is 0 Å². The third-order valence-corrected chi connectivity index (χ3v) is 4.17. The van der Waals surface area contributed by atoms with Gasteiger partial charge in [-0.25, -0.2) is 0 Å². The van der Waals surface area contributed by atoms with Crippen molar-refractivity contribution in [3.05, 3.63) is 0 Å². The summed E-state index contributed by atoms with van der Waals surface area (Å²) in [6.07, 6.45) is 0. The van der Waals surface area contributed by atoms with Crippen LogP contribution in [0, 0.1) is 0 Å². The first kappa shape index (κ1) is 10.5. The lowest BCUT2D eigenvalue weighted by molar-refractivity contribution is 0.304. The van der Waals surface area contributed by atoms with Crippen LogP contribution in [-0.2, 0) is 9.09 Å². The van der Waals surface area contributed by atoms with Crippen molar-refractivity contribution in [1.29, 1.82) is 0 Å². The molecule has 1 atom stereocenters. The molecule has 4 N–H and O–H groups in total. The highest BCUT2D eigenvalue weighted by atomic mass is 31.3. The monoisotopic (exact) mass is 191 g/mol. The van der Waals surface area contributed by atoms with Crippen molar-refractivity contribution in [2.75, 3.05) is 13.0 Å². The summed E-state index contributed by atoms with van der Waals surface area (Å²) in [7, 11) is -7.25. The molecule has 0 aliphatic carbocycles. The van der Waals surface area contributed by atoms with Gasteiger partial charge in [-0.05, 0) is 0 Å². The van der Waals surface area contributed by atoms with Crippen LogP contribution in [0.2, 0.25) is 0 Å². The highest BCUT2D eigenvalue weighted by Gasteiger charge is 2.41. The quantitative estimate of drug-likeness (QED) is 0.448. The summed E-state index contributed by atoms with van der Waals surface area (Å²) in [5.74, 6) is -1.02. The molecule has 0 aliphatic rings. The Morgan fingerprint density at radius 1 is 1.50 bits per heavy atom. The lowest BCUT2D eigenvalue weighted by Gasteiger charge is -2.07. The van der Waals surface area contributed by atoms with Crippen LogP contribution >= 0.6 is 15.5 Å². The van der Waals surface area contributed by atoms with Gasteiger partial charge in [-0.2, -0.15) is 14.7 Å². The maximum absolute atomic E-state index is 10.5. The Hall–Kier alpha value is 0.460. The molecule has 8 heteroatoms. The second-order valence-electron chi connectivity index (χ2n) is 1.65. The fraction of sp³-hybridized carbons (Fsp3) is 1.00. The predicted octanol–water partition coefficient (Wildman–Crippen LogP) is -0.485. The molecule has 0 fully saturated rings. The highest BCUT2D eigenvalue weighted by molar-refractivity contribution is 7.73. The topological polar surface area (TPSA) is 107 Å². The van der Waals surface area contributed by atoms with E-state index in [1.165, 1.54) is 0 Å². The Kier molecular flexibility index (Phi) is 3.39. The van der Waals surface area contributed by atoms with Crippen LogP contribution in [0.3, 0.4) is 0 Å². The van der Waals surface area contributed by atoms with Gasteiger partial charge in [0, 0.05) is 7.11 Å². The van der Waals surface area contributed by atoms with E-state index in [-0.39, 0.29) is 0 Å². The molecule has 10 heavy (non-hydrogen) atoms. The second kappa shape index (κ2) is 3.24. The first-order valence-corrected chi connectivity index (χ1v) is 5.80. The zero-order chi connectivity index (χ0) is 8.41. The average molecular weight is 191 g/mol. The molecule has 62 valence electrons. The molecule has 0 amide bonds. The fourth-order valence-corrected chi connectivity index (χ4v) is 2.68. The number of hydrogen-bond acceptors (Lipinski definition) is 5. The van der Waals surface area contributed by atoms with Crippen LogP contribution in [0.15, 0.2) is 0 Å². The molecule has 0 bridgehead atoms. The zero-order valence-corrected chi connectivity index (χ0v) is 7.00. The molecule has 0 radical (unpaired) electrons. The summed E-state index contributed by atoms with van der Waals surface area (Å²) in [6, 6.07) is 0. The van der Waals surface area contributed by atoms with Crippen molar-refractivity contribution < 1.29 is 28.7 Å². The van der Waals surface area contributed by atoms with Crippen LogP contribution in [0.4, 0.5) is 0 Å². The van der Waals surface area contributed by atoms with Crippen molar-refractivity contribution in [3.8, 4) is 0 Å². The fourth-order valence-electron chi connectivity index (χ4n) is 0.298.